The zero-order chi connectivity index (χ0) is 12.2. The summed E-state index contributed by atoms with van der Waals surface area (Å²) in [4.78, 5) is 2.55. The third-order valence-electron chi connectivity index (χ3n) is 4.06. The van der Waals surface area contributed by atoms with E-state index in [-0.39, 0.29) is 0 Å². The zero-order valence-electron chi connectivity index (χ0n) is 10.9. The first kappa shape index (κ1) is 12.2. The number of nitrogens with one attached hydrogen (secondary N) is 2. The van der Waals surface area contributed by atoms with E-state index in [0.29, 0.717) is 0 Å². The molecule has 0 radical (unpaired) electrons. The predicted octanol–water partition coefficient (Wildman–Crippen LogP) is 1.04. The summed E-state index contributed by atoms with van der Waals surface area (Å²) in [5, 5.41) is 7.08. The topological polar surface area (TPSA) is 27.3 Å². The van der Waals surface area contributed by atoms with Gasteiger partial charge < -0.3 is 10.6 Å². The smallest absolute Gasteiger partial charge is 0.0143 e. The van der Waals surface area contributed by atoms with Crippen LogP contribution in [0, 0.1) is 0 Å². The molecule has 0 spiro atoms. The van der Waals surface area contributed by atoms with Gasteiger partial charge in [0, 0.05) is 51.2 Å². The fourth-order valence-corrected chi connectivity index (χ4v) is 2.83. The molecule has 1 aliphatic heterocycles. The van der Waals surface area contributed by atoms with Crippen LogP contribution in [-0.4, -0.2) is 50.2 Å². The van der Waals surface area contributed by atoms with E-state index >= 15 is 0 Å². The number of nitrogens with zero attached hydrogens (tertiary/aromatic N) is 1. The van der Waals surface area contributed by atoms with Crippen molar-refractivity contribution in [3.05, 3.63) is 35.9 Å². The standard InChI is InChI=1S/C15H23N3/c1-2-4-13(5-3-1)14-12-15(14)17-8-11-18-9-6-16-7-10-18/h1-5,14-17H,6-12H2/t14?,15-/m0/s1. The summed E-state index contributed by atoms with van der Waals surface area (Å²) in [5.41, 5.74) is 1.50. The SMILES string of the molecule is c1ccc(C2C[C@@H]2NCCN2CCNCC2)cc1. The van der Waals surface area contributed by atoms with Gasteiger partial charge in [0.15, 0.2) is 0 Å². The molecule has 1 saturated carbocycles. The van der Waals surface area contributed by atoms with Crippen LogP contribution in [0.2, 0.25) is 0 Å². The summed E-state index contributed by atoms with van der Waals surface area (Å²) in [6, 6.07) is 11.6. The van der Waals surface area contributed by atoms with Crippen LogP contribution in [-0.2, 0) is 0 Å². The molecule has 18 heavy (non-hydrogen) atoms. The summed E-state index contributed by atoms with van der Waals surface area (Å²) in [6.45, 7) is 7.03. The molecule has 0 amide bonds. The molecule has 1 heterocycles. The van der Waals surface area contributed by atoms with E-state index in [0.717, 1.165) is 31.6 Å². The molecule has 1 aromatic carbocycles. The number of piperazine rings is 1. The molecule has 2 aliphatic rings. The van der Waals surface area contributed by atoms with Crippen molar-refractivity contribution in [1.82, 2.24) is 15.5 Å². The van der Waals surface area contributed by atoms with Gasteiger partial charge in [-0.15, -0.1) is 0 Å². The van der Waals surface area contributed by atoms with E-state index in [4.69, 9.17) is 0 Å². The minimum Gasteiger partial charge on any atom is -0.314 e. The third-order valence-corrected chi connectivity index (χ3v) is 4.06. The van der Waals surface area contributed by atoms with Gasteiger partial charge in [-0.25, -0.2) is 0 Å². The van der Waals surface area contributed by atoms with Gasteiger partial charge in [0.2, 0.25) is 0 Å². The normalized spacial score (nSPS) is 28.2. The lowest BCUT2D eigenvalue weighted by Gasteiger charge is -2.27. The highest BCUT2D eigenvalue weighted by molar-refractivity contribution is 5.27. The maximum Gasteiger partial charge on any atom is 0.0143 e. The van der Waals surface area contributed by atoms with Crippen LogP contribution in [0.4, 0.5) is 0 Å². The maximum atomic E-state index is 3.69. The van der Waals surface area contributed by atoms with E-state index in [1.165, 1.54) is 31.6 Å². The van der Waals surface area contributed by atoms with Gasteiger partial charge in [0.25, 0.3) is 0 Å². The second-order valence-corrected chi connectivity index (χ2v) is 5.41. The van der Waals surface area contributed by atoms with Crippen LogP contribution in [0.15, 0.2) is 30.3 Å². The lowest BCUT2D eigenvalue weighted by molar-refractivity contribution is 0.241. The second-order valence-electron chi connectivity index (χ2n) is 5.41. The fraction of sp³-hybridized carbons (Fsp3) is 0.600. The van der Waals surface area contributed by atoms with Crippen molar-refractivity contribution in [2.45, 2.75) is 18.4 Å². The van der Waals surface area contributed by atoms with Gasteiger partial charge in [-0.05, 0) is 12.0 Å². The molecule has 0 aromatic heterocycles. The minimum atomic E-state index is 0.718. The summed E-state index contributed by atoms with van der Waals surface area (Å²) in [7, 11) is 0. The molecule has 3 rings (SSSR count). The van der Waals surface area contributed by atoms with Crippen LogP contribution in [0.5, 0.6) is 0 Å². The molecule has 0 bridgehead atoms. The zero-order valence-corrected chi connectivity index (χ0v) is 10.9. The van der Waals surface area contributed by atoms with Crippen molar-refractivity contribution in [2.24, 2.45) is 0 Å². The van der Waals surface area contributed by atoms with Crippen molar-refractivity contribution in [3.8, 4) is 0 Å². The highest BCUT2D eigenvalue weighted by Gasteiger charge is 2.37. The molecule has 3 heteroatoms. The van der Waals surface area contributed by atoms with Crippen LogP contribution in [0.1, 0.15) is 17.9 Å². The highest BCUT2D eigenvalue weighted by atomic mass is 15.2. The monoisotopic (exact) mass is 245 g/mol. The molecule has 2 N–H and O–H groups in total. The van der Waals surface area contributed by atoms with Gasteiger partial charge in [0.1, 0.15) is 0 Å². The molecule has 3 nitrogen and oxygen atoms in total. The van der Waals surface area contributed by atoms with Gasteiger partial charge in [-0.2, -0.15) is 0 Å². The Labute approximate surface area is 110 Å². The molecule has 1 aliphatic carbocycles. The average molecular weight is 245 g/mol. The summed E-state index contributed by atoms with van der Waals surface area (Å²) >= 11 is 0. The molecule has 98 valence electrons. The number of rotatable bonds is 5. The maximum absolute atomic E-state index is 3.69. The van der Waals surface area contributed by atoms with Crippen molar-refractivity contribution in [2.75, 3.05) is 39.3 Å². The lowest BCUT2D eigenvalue weighted by atomic mass is 10.1. The highest BCUT2D eigenvalue weighted by Crippen LogP contribution is 2.40. The third kappa shape index (κ3) is 3.10. The fourth-order valence-electron chi connectivity index (χ4n) is 2.83. The van der Waals surface area contributed by atoms with Crippen molar-refractivity contribution >= 4 is 0 Å². The lowest BCUT2D eigenvalue weighted by Crippen LogP contribution is -2.46. The van der Waals surface area contributed by atoms with Crippen molar-refractivity contribution < 1.29 is 0 Å². The Morgan fingerprint density at radius 1 is 1.17 bits per heavy atom. The van der Waals surface area contributed by atoms with Gasteiger partial charge in [0.05, 0.1) is 0 Å². The van der Waals surface area contributed by atoms with Crippen LogP contribution in [0.25, 0.3) is 0 Å². The molecule has 1 saturated heterocycles. The van der Waals surface area contributed by atoms with Gasteiger partial charge >= 0.3 is 0 Å². The molecule has 2 atom stereocenters. The number of benzene rings is 1. The Morgan fingerprint density at radius 2 is 1.94 bits per heavy atom. The Kier molecular flexibility index (Phi) is 3.93. The molecule has 1 unspecified atom stereocenters. The quantitative estimate of drug-likeness (QED) is 0.811. The van der Waals surface area contributed by atoms with Gasteiger partial charge in [-0.1, -0.05) is 30.3 Å². The molecule has 1 aromatic rings. The number of hydrogen-bond donors (Lipinski definition) is 2. The second kappa shape index (κ2) is 5.83. The largest absolute Gasteiger partial charge is 0.314 e. The van der Waals surface area contributed by atoms with Crippen LogP contribution in [0.3, 0.4) is 0 Å². The first-order valence-electron chi connectivity index (χ1n) is 7.15. The van der Waals surface area contributed by atoms with E-state index in [9.17, 15) is 0 Å². The Bertz CT molecular complexity index is 359. The Hall–Kier alpha value is -0.900. The average Bonchev–Trinajstić information content (AvgIpc) is 3.21. The summed E-state index contributed by atoms with van der Waals surface area (Å²) < 4.78 is 0. The van der Waals surface area contributed by atoms with E-state index in [1.54, 1.807) is 0 Å². The minimum absolute atomic E-state index is 0.718. The van der Waals surface area contributed by atoms with E-state index < -0.39 is 0 Å². The van der Waals surface area contributed by atoms with Gasteiger partial charge in [-0.3, -0.25) is 4.90 Å². The van der Waals surface area contributed by atoms with E-state index in [2.05, 4.69) is 45.9 Å². The van der Waals surface area contributed by atoms with Crippen LogP contribution < -0.4 is 10.6 Å². The van der Waals surface area contributed by atoms with Crippen molar-refractivity contribution in [3.63, 3.8) is 0 Å². The molecule has 2 fully saturated rings. The molecular formula is C15H23N3. The number of hydrogen-bond acceptors (Lipinski definition) is 3. The summed E-state index contributed by atoms with van der Waals surface area (Å²) in [5.74, 6) is 0.759. The molecular weight excluding hydrogens is 222 g/mol. The Morgan fingerprint density at radius 3 is 2.72 bits per heavy atom. The predicted molar refractivity (Wildman–Crippen MR) is 74.9 cm³/mol. The van der Waals surface area contributed by atoms with Crippen molar-refractivity contribution in [1.29, 1.82) is 0 Å². The summed E-state index contributed by atoms with van der Waals surface area (Å²) in [6.07, 6.45) is 1.31. The first-order valence-corrected chi connectivity index (χ1v) is 7.15. The van der Waals surface area contributed by atoms with E-state index in [1.807, 2.05) is 0 Å². The Balaban J connectivity index is 1.36. The first-order chi connectivity index (χ1) is 8.93. The van der Waals surface area contributed by atoms with Crippen LogP contribution >= 0.6 is 0 Å².